The van der Waals surface area contributed by atoms with E-state index in [2.05, 4.69) is 10.2 Å². The van der Waals surface area contributed by atoms with Crippen LogP contribution in [-0.4, -0.2) is 35.3 Å². The van der Waals surface area contributed by atoms with E-state index in [0.29, 0.717) is 41.2 Å². The van der Waals surface area contributed by atoms with Crippen LogP contribution < -0.4 is 14.2 Å². The predicted molar refractivity (Wildman–Crippen MR) is 122 cm³/mol. The number of phenols is 1. The van der Waals surface area contributed by atoms with Crippen molar-refractivity contribution in [1.29, 1.82) is 0 Å². The summed E-state index contributed by atoms with van der Waals surface area (Å²) >= 11 is 1.64. The van der Waals surface area contributed by atoms with Gasteiger partial charge in [-0.25, -0.2) is 0 Å². The summed E-state index contributed by atoms with van der Waals surface area (Å²) in [7, 11) is 3.24. The highest BCUT2D eigenvalue weighted by Crippen LogP contribution is 2.50. The van der Waals surface area contributed by atoms with Gasteiger partial charge < -0.3 is 23.7 Å². The molecule has 7 nitrogen and oxygen atoms in total. The molecule has 1 aromatic heterocycles. The Labute approximate surface area is 192 Å². The number of thioether (sulfide) groups is 1. The van der Waals surface area contributed by atoms with Crippen LogP contribution in [0.3, 0.4) is 0 Å². The Hall–Kier alpha value is -2.87. The third-order valence-corrected chi connectivity index (χ3v) is 7.45. The molecule has 0 bridgehead atoms. The van der Waals surface area contributed by atoms with Crippen LogP contribution in [0.2, 0.25) is 0 Å². The van der Waals surface area contributed by atoms with Crippen LogP contribution in [0.5, 0.6) is 23.0 Å². The molecule has 2 aromatic carbocycles. The predicted octanol–water partition coefficient (Wildman–Crippen LogP) is 4.90. The number of aromatic hydroxyl groups is 1. The average molecular weight is 457 g/mol. The molecule has 0 spiro atoms. The summed E-state index contributed by atoms with van der Waals surface area (Å²) in [6.45, 7) is 7.74. The van der Waals surface area contributed by atoms with E-state index in [9.17, 15) is 5.11 Å². The highest BCUT2D eigenvalue weighted by atomic mass is 32.2. The number of phenolic OH excluding ortho intramolecular Hbond substituents is 1. The van der Waals surface area contributed by atoms with Gasteiger partial charge in [0.2, 0.25) is 5.89 Å². The number of aromatic nitrogens is 2. The summed E-state index contributed by atoms with van der Waals surface area (Å²) in [6.07, 6.45) is 1.33. The molecule has 2 heterocycles. The molecule has 0 saturated heterocycles. The van der Waals surface area contributed by atoms with E-state index in [1.165, 1.54) is 0 Å². The van der Waals surface area contributed by atoms with E-state index < -0.39 is 5.60 Å². The second-order valence-electron chi connectivity index (χ2n) is 8.19. The molecular formula is C24H28N2O5S. The van der Waals surface area contributed by atoms with E-state index in [-0.39, 0.29) is 0 Å². The molecule has 4 rings (SSSR count). The number of aryl methyl sites for hydroxylation is 2. The lowest BCUT2D eigenvalue weighted by Crippen LogP contribution is -2.36. The zero-order valence-corrected chi connectivity index (χ0v) is 20.1. The van der Waals surface area contributed by atoms with E-state index in [1.54, 1.807) is 26.0 Å². The number of methoxy groups -OCH3 is 2. The lowest BCUT2D eigenvalue weighted by molar-refractivity contribution is 0.0713. The van der Waals surface area contributed by atoms with Gasteiger partial charge in [0.1, 0.15) is 11.5 Å². The van der Waals surface area contributed by atoms with Crippen molar-refractivity contribution in [3.63, 3.8) is 0 Å². The fraction of sp³-hybridized carbons (Fsp3) is 0.417. The second kappa shape index (κ2) is 8.58. The molecule has 0 saturated carbocycles. The summed E-state index contributed by atoms with van der Waals surface area (Å²) in [6, 6.07) is 5.85. The molecular weight excluding hydrogens is 428 g/mol. The minimum Gasteiger partial charge on any atom is -0.507 e. The molecule has 3 aromatic rings. The first-order valence-electron chi connectivity index (χ1n) is 10.5. The van der Waals surface area contributed by atoms with Gasteiger partial charge in [0.25, 0.3) is 5.89 Å². The Morgan fingerprint density at radius 3 is 2.50 bits per heavy atom. The van der Waals surface area contributed by atoms with Crippen molar-refractivity contribution in [2.45, 2.75) is 51.0 Å². The summed E-state index contributed by atoms with van der Waals surface area (Å²) in [5.74, 6) is 4.14. The van der Waals surface area contributed by atoms with Crippen molar-refractivity contribution in [2.24, 2.45) is 0 Å². The zero-order valence-electron chi connectivity index (χ0n) is 19.2. The first-order chi connectivity index (χ1) is 15.3. The monoisotopic (exact) mass is 456 g/mol. The minimum absolute atomic E-state index is 0.330. The Morgan fingerprint density at radius 2 is 1.78 bits per heavy atom. The van der Waals surface area contributed by atoms with Crippen LogP contribution in [-0.2, 0) is 18.4 Å². The number of hydrogen-bond acceptors (Lipinski definition) is 8. The summed E-state index contributed by atoms with van der Waals surface area (Å²) in [5, 5.41) is 18.9. The van der Waals surface area contributed by atoms with Crippen LogP contribution in [0.25, 0.3) is 0 Å². The van der Waals surface area contributed by atoms with E-state index in [1.807, 2.05) is 45.9 Å². The van der Waals surface area contributed by atoms with Crippen LogP contribution in [0.15, 0.2) is 27.5 Å². The number of ether oxygens (including phenoxy) is 3. The third-order valence-electron chi connectivity index (χ3n) is 5.97. The minimum atomic E-state index is -0.743. The van der Waals surface area contributed by atoms with Crippen molar-refractivity contribution in [1.82, 2.24) is 10.2 Å². The molecule has 1 unspecified atom stereocenters. The molecule has 0 radical (unpaired) electrons. The first kappa shape index (κ1) is 22.3. The number of hydrogen-bond donors (Lipinski definition) is 1. The Balaban J connectivity index is 1.52. The Kier molecular flexibility index (Phi) is 5.99. The van der Waals surface area contributed by atoms with Gasteiger partial charge in [-0.2, -0.15) is 0 Å². The summed E-state index contributed by atoms with van der Waals surface area (Å²) in [5.41, 5.74) is 2.94. The maximum Gasteiger partial charge on any atom is 0.260 e. The molecule has 0 fully saturated rings. The fourth-order valence-electron chi connectivity index (χ4n) is 3.80. The number of nitrogens with zero attached hydrogens (tertiary/aromatic N) is 2. The molecule has 1 aliphatic heterocycles. The third kappa shape index (κ3) is 3.88. The van der Waals surface area contributed by atoms with Gasteiger partial charge in [0.05, 0.1) is 19.1 Å². The lowest BCUT2D eigenvalue weighted by Gasteiger charge is -2.34. The van der Waals surface area contributed by atoms with Crippen molar-refractivity contribution in [3.05, 3.63) is 52.2 Å². The highest BCUT2D eigenvalue weighted by Gasteiger charge is 2.41. The maximum absolute atomic E-state index is 10.4. The van der Waals surface area contributed by atoms with Gasteiger partial charge >= 0.3 is 0 Å². The molecule has 0 amide bonds. The molecule has 8 heteroatoms. The van der Waals surface area contributed by atoms with Crippen molar-refractivity contribution < 1.29 is 23.7 Å². The van der Waals surface area contributed by atoms with Crippen molar-refractivity contribution >= 4 is 11.8 Å². The first-order valence-corrected chi connectivity index (χ1v) is 11.4. The SMILES string of the molecule is COc1ccc(CCc2nnc(C3(C)CSc4c(C)c(O)c(C)c(C)c4O3)o2)cc1OC. The Morgan fingerprint density at radius 1 is 1.03 bits per heavy atom. The highest BCUT2D eigenvalue weighted by molar-refractivity contribution is 7.99. The van der Waals surface area contributed by atoms with Gasteiger partial charge in [-0.05, 0) is 62.9 Å². The smallest absolute Gasteiger partial charge is 0.260 e. The van der Waals surface area contributed by atoms with Crippen LogP contribution in [0.4, 0.5) is 0 Å². The molecule has 170 valence electrons. The lowest BCUT2D eigenvalue weighted by atomic mass is 10.0. The topological polar surface area (TPSA) is 86.8 Å². The standard InChI is InChI=1S/C24H28N2O5S/c1-13-14(2)21-22(15(3)20(13)27)32-12-24(4,31-21)23-26-25-19(30-23)10-8-16-7-9-17(28-5)18(11-16)29-6/h7,9,11,27H,8,10,12H2,1-6H3. The number of benzene rings is 2. The van der Waals surface area contributed by atoms with E-state index in [0.717, 1.165) is 39.3 Å². The largest absolute Gasteiger partial charge is 0.507 e. The summed E-state index contributed by atoms with van der Waals surface area (Å²) in [4.78, 5) is 0.969. The van der Waals surface area contributed by atoms with Crippen molar-refractivity contribution in [3.8, 4) is 23.0 Å². The van der Waals surface area contributed by atoms with Crippen molar-refractivity contribution in [2.75, 3.05) is 20.0 Å². The van der Waals surface area contributed by atoms with Crippen LogP contribution >= 0.6 is 11.8 Å². The second-order valence-corrected chi connectivity index (χ2v) is 9.18. The van der Waals surface area contributed by atoms with Gasteiger partial charge in [-0.3, -0.25) is 0 Å². The molecule has 0 aliphatic carbocycles. The quantitative estimate of drug-likeness (QED) is 0.560. The number of rotatable bonds is 6. The van der Waals surface area contributed by atoms with Crippen LogP contribution in [0, 0.1) is 20.8 Å². The Bertz CT molecular complexity index is 1160. The summed E-state index contributed by atoms with van der Waals surface area (Å²) < 4.78 is 23.1. The molecule has 1 atom stereocenters. The fourth-order valence-corrected chi connectivity index (χ4v) is 5.04. The normalized spacial score (nSPS) is 17.6. The van der Waals surface area contributed by atoms with Gasteiger partial charge in [0.15, 0.2) is 17.1 Å². The van der Waals surface area contributed by atoms with Crippen LogP contribution in [0.1, 0.15) is 41.0 Å². The number of fused-ring (bicyclic) bond motifs is 1. The molecule has 32 heavy (non-hydrogen) atoms. The molecule has 1 N–H and O–H groups in total. The average Bonchev–Trinajstić information content (AvgIpc) is 3.30. The maximum atomic E-state index is 10.4. The van der Waals surface area contributed by atoms with Gasteiger partial charge in [0, 0.05) is 17.7 Å². The zero-order chi connectivity index (χ0) is 23.0. The van der Waals surface area contributed by atoms with Gasteiger partial charge in [-0.15, -0.1) is 22.0 Å². The van der Waals surface area contributed by atoms with Gasteiger partial charge in [-0.1, -0.05) is 6.07 Å². The van der Waals surface area contributed by atoms with E-state index in [4.69, 9.17) is 18.6 Å². The molecule has 1 aliphatic rings. The van der Waals surface area contributed by atoms with E-state index >= 15 is 0 Å².